The van der Waals surface area contributed by atoms with Crippen molar-refractivity contribution in [1.29, 1.82) is 5.26 Å². The lowest BCUT2D eigenvalue weighted by molar-refractivity contribution is -0.113. The predicted octanol–water partition coefficient (Wildman–Crippen LogP) is 6.44. The number of benzene rings is 3. The Hall–Kier alpha value is -5.01. The minimum absolute atomic E-state index is 0.0569. The van der Waals surface area contributed by atoms with Crippen molar-refractivity contribution >= 4 is 23.6 Å². The van der Waals surface area contributed by atoms with Crippen molar-refractivity contribution in [2.24, 2.45) is 0 Å². The fourth-order valence-corrected chi connectivity index (χ4v) is 5.46. The van der Waals surface area contributed by atoms with E-state index in [4.69, 9.17) is 13.9 Å². The molecule has 0 spiro atoms. The summed E-state index contributed by atoms with van der Waals surface area (Å²) in [6, 6.07) is 27.0. The molecule has 0 saturated carbocycles. The molecule has 5 rings (SSSR count). The Kier molecular flexibility index (Phi) is 8.90. The summed E-state index contributed by atoms with van der Waals surface area (Å²) in [5.41, 5.74) is 3.53. The lowest BCUT2D eigenvalue weighted by atomic mass is 9.98. The molecule has 0 saturated heterocycles. The zero-order chi connectivity index (χ0) is 29.5. The summed E-state index contributed by atoms with van der Waals surface area (Å²) >= 11 is 1.27. The van der Waals surface area contributed by atoms with Gasteiger partial charge in [0.2, 0.25) is 11.8 Å². The highest BCUT2D eigenvalue weighted by Crippen LogP contribution is 2.41. The van der Waals surface area contributed by atoms with Crippen LogP contribution in [-0.4, -0.2) is 40.6 Å². The van der Waals surface area contributed by atoms with Crippen LogP contribution in [0.25, 0.3) is 22.5 Å². The van der Waals surface area contributed by atoms with Gasteiger partial charge in [-0.05, 0) is 30.2 Å². The second-order valence-electron chi connectivity index (χ2n) is 9.20. The molecule has 3 aromatic carbocycles. The molecule has 2 heterocycles. The number of amides is 1. The number of ether oxygens (including phenoxy) is 2. The first kappa shape index (κ1) is 28.5. The van der Waals surface area contributed by atoms with Crippen molar-refractivity contribution in [3.63, 3.8) is 0 Å². The minimum Gasteiger partial charge on any atom is -0.493 e. The van der Waals surface area contributed by atoms with Gasteiger partial charge in [0.15, 0.2) is 16.7 Å². The SMILES string of the molecule is CCn1c(Cc2ccc(OC)c(OC)c2)nnc1SCC(=O)Nc1oc(-c2ccccc2)c(-c2ccccc2)c1C#N. The van der Waals surface area contributed by atoms with E-state index in [0.717, 1.165) is 22.5 Å². The summed E-state index contributed by atoms with van der Waals surface area (Å²) in [6.45, 7) is 2.64. The molecule has 1 N–H and O–H groups in total. The number of carbonyl (C=O) groups is 1. The summed E-state index contributed by atoms with van der Waals surface area (Å²) in [6.07, 6.45) is 0.538. The van der Waals surface area contributed by atoms with E-state index >= 15 is 0 Å². The second kappa shape index (κ2) is 13.1. The molecular formula is C32H29N5O4S. The molecule has 10 heteroatoms. The Morgan fingerprint density at radius 3 is 2.31 bits per heavy atom. The molecule has 42 heavy (non-hydrogen) atoms. The number of methoxy groups -OCH3 is 2. The number of carbonyl (C=O) groups excluding carboxylic acids is 1. The van der Waals surface area contributed by atoms with Gasteiger partial charge in [0, 0.05) is 24.1 Å². The molecule has 0 aliphatic heterocycles. The largest absolute Gasteiger partial charge is 0.493 e. The zero-order valence-electron chi connectivity index (χ0n) is 23.5. The number of aromatic nitrogens is 3. The molecule has 0 aliphatic carbocycles. The standard InChI is InChI=1S/C32H29N5O4S/c1-4-37-27(18-21-15-16-25(39-2)26(17-21)40-3)35-36-32(37)42-20-28(38)34-31-24(19-33)29(22-11-7-5-8-12-22)30(41-31)23-13-9-6-10-14-23/h5-17H,4,18,20H2,1-3H3,(H,34,38). The average Bonchev–Trinajstić information content (AvgIpc) is 3.60. The van der Waals surface area contributed by atoms with Crippen LogP contribution in [0.1, 0.15) is 23.9 Å². The fraction of sp³-hybridized carbons (Fsp3) is 0.188. The number of hydrogen-bond donors (Lipinski definition) is 1. The third-order valence-corrected chi connectivity index (χ3v) is 7.59. The summed E-state index contributed by atoms with van der Waals surface area (Å²) in [4.78, 5) is 13.1. The number of nitriles is 1. The fourth-order valence-electron chi connectivity index (χ4n) is 4.64. The molecule has 0 bridgehead atoms. The smallest absolute Gasteiger partial charge is 0.237 e. The third kappa shape index (κ3) is 6.01. The van der Waals surface area contributed by atoms with Crippen molar-refractivity contribution in [2.45, 2.75) is 25.0 Å². The van der Waals surface area contributed by atoms with E-state index in [0.29, 0.717) is 40.9 Å². The quantitative estimate of drug-likeness (QED) is 0.178. The monoisotopic (exact) mass is 579 g/mol. The zero-order valence-corrected chi connectivity index (χ0v) is 24.3. The number of furan rings is 1. The molecule has 9 nitrogen and oxygen atoms in total. The highest BCUT2D eigenvalue weighted by Gasteiger charge is 2.24. The van der Waals surface area contributed by atoms with E-state index in [9.17, 15) is 10.1 Å². The molecule has 1 amide bonds. The summed E-state index contributed by atoms with van der Waals surface area (Å²) < 4.78 is 18.9. The summed E-state index contributed by atoms with van der Waals surface area (Å²) in [5.74, 6) is 2.44. The van der Waals surface area contributed by atoms with Crippen molar-refractivity contribution in [2.75, 3.05) is 25.3 Å². The molecule has 212 valence electrons. The lowest BCUT2D eigenvalue weighted by Crippen LogP contribution is -2.15. The van der Waals surface area contributed by atoms with Gasteiger partial charge in [-0.15, -0.1) is 10.2 Å². The van der Waals surface area contributed by atoms with Gasteiger partial charge in [-0.3, -0.25) is 10.1 Å². The van der Waals surface area contributed by atoms with Crippen molar-refractivity contribution in [3.05, 3.63) is 95.8 Å². The van der Waals surface area contributed by atoms with Crippen molar-refractivity contribution in [1.82, 2.24) is 14.8 Å². The molecule has 0 fully saturated rings. The first-order valence-corrected chi connectivity index (χ1v) is 14.3. The van der Waals surface area contributed by atoms with E-state index in [1.807, 2.05) is 90.4 Å². The van der Waals surface area contributed by atoms with Crippen LogP contribution in [-0.2, 0) is 17.8 Å². The highest BCUT2D eigenvalue weighted by molar-refractivity contribution is 7.99. The molecule has 2 aromatic heterocycles. The molecule has 0 aliphatic rings. The maximum absolute atomic E-state index is 13.1. The predicted molar refractivity (Wildman–Crippen MR) is 162 cm³/mol. The Labute approximate surface area is 248 Å². The lowest BCUT2D eigenvalue weighted by Gasteiger charge is -2.10. The molecule has 0 unspecified atom stereocenters. The van der Waals surface area contributed by atoms with Gasteiger partial charge < -0.3 is 18.5 Å². The van der Waals surface area contributed by atoms with Crippen LogP contribution in [0.3, 0.4) is 0 Å². The van der Waals surface area contributed by atoms with Crippen LogP contribution >= 0.6 is 11.8 Å². The van der Waals surface area contributed by atoms with E-state index in [1.54, 1.807) is 14.2 Å². The van der Waals surface area contributed by atoms with Gasteiger partial charge >= 0.3 is 0 Å². The van der Waals surface area contributed by atoms with Crippen LogP contribution < -0.4 is 14.8 Å². The Bertz CT molecular complexity index is 1730. The van der Waals surface area contributed by atoms with Gasteiger partial charge in [0.25, 0.3) is 0 Å². The second-order valence-corrected chi connectivity index (χ2v) is 10.1. The first-order chi connectivity index (χ1) is 20.6. The minimum atomic E-state index is -0.323. The van der Waals surface area contributed by atoms with E-state index in [2.05, 4.69) is 21.6 Å². The summed E-state index contributed by atoms with van der Waals surface area (Å²) in [7, 11) is 3.20. The van der Waals surface area contributed by atoms with Crippen LogP contribution in [0, 0.1) is 11.3 Å². The van der Waals surface area contributed by atoms with Crippen molar-refractivity contribution in [3.8, 4) is 40.0 Å². The van der Waals surface area contributed by atoms with Gasteiger partial charge in [0.05, 0.1) is 20.0 Å². The summed E-state index contributed by atoms with van der Waals surface area (Å²) in [5, 5.41) is 22.2. The molecule has 5 aromatic rings. The van der Waals surface area contributed by atoms with Crippen LogP contribution in [0.4, 0.5) is 5.88 Å². The van der Waals surface area contributed by atoms with Crippen LogP contribution in [0.5, 0.6) is 11.5 Å². The molecular weight excluding hydrogens is 550 g/mol. The first-order valence-electron chi connectivity index (χ1n) is 13.3. The van der Waals surface area contributed by atoms with Gasteiger partial charge in [-0.25, -0.2) is 0 Å². The maximum Gasteiger partial charge on any atom is 0.237 e. The topological polar surface area (TPSA) is 115 Å². The van der Waals surface area contributed by atoms with Crippen LogP contribution in [0.2, 0.25) is 0 Å². The average molecular weight is 580 g/mol. The van der Waals surface area contributed by atoms with E-state index in [-0.39, 0.29) is 23.1 Å². The maximum atomic E-state index is 13.1. The number of rotatable bonds is 11. The van der Waals surface area contributed by atoms with Gasteiger partial charge in [-0.2, -0.15) is 5.26 Å². The van der Waals surface area contributed by atoms with Crippen LogP contribution in [0.15, 0.2) is 88.4 Å². The number of anilines is 1. The Balaban J connectivity index is 1.34. The number of thioether (sulfide) groups is 1. The molecule has 0 atom stereocenters. The third-order valence-electron chi connectivity index (χ3n) is 6.62. The van der Waals surface area contributed by atoms with E-state index < -0.39 is 0 Å². The number of hydrogen-bond acceptors (Lipinski definition) is 8. The Morgan fingerprint density at radius 1 is 0.976 bits per heavy atom. The molecule has 0 radical (unpaired) electrons. The normalized spacial score (nSPS) is 10.7. The number of nitrogens with one attached hydrogen (secondary N) is 1. The van der Waals surface area contributed by atoms with Gasteiger partial charge in [-0.1, -0.05) is 78.5 Å². The Morgan fingerprint density at radius 2 is 1.67 bits per heavy atom. The van der Waals surface area contributed by atoms with Gasteiger partial charge in [0.1, 0.15) is 23.2 Å². The van der Waals surface area contributed by atoms with Crippen molar-refractivity contribution < 1.29 is 18.7 Å². The van der Waals surface area contributed by atoms with E-state index in [1.165, 1.54) is 11.8 Å². The number of nitrogens with zero attached hydrogens (tertiary/aromatic N) is 4. The highest BCUT2D eigenvalue weighted by atomic mass is 32.2.